The van der Waals surface area contributed by atoms with Crippen molar-refractivity contribution >= 4 is 50.7 Å². The van der Waals surface area contributed by atoms with E-state index in [2.05, 4.69) is 30.5 Å². The monoisotopic (exact) mass is 535 g/mol. The molecular formula is C29H25N7O2S. The Morgan fingerprint density at radius 2 is 1.87 bits per heavy atom. The van der Waals surface area contributed by atoms with Crippen LogP contribution in [-0.2, 0) is 4.79 Å². The van der Waals surface area contributed by atoms with Crippen molar-refractivity contribution in [3.63, 3.8) is 0 Å². The first kappa shape index (κ1) is 24.6. The Morgan fingerprint density at radius 1 is 1.00 bits per heavy atom. The van der Waals surface area contributed by atoms with Crippen LogP contribution in [0.2, 0.25) is 0 Å². The van der Waals surface area contributed by atoms with Crippen molar-refractivity contribution in [3.05, 3.63) is 65.9 Å². The highest BCUT2D eigenvalue weighted by Crippen LogP contribution is 2.34. The second-order valence-electron chi connectivity index (χ2n) is 9.80. The number of carbonyl (C=O) groups is 2. The molecule has 1 amide bonds. The fraction of sp³-hybridized carbons (Fsp3) is 0.172. The summed E-state index contributed by atoms with van der Waals surface area (Å²) in [6.07, 6.45) is 5.60. The highest BCUT2D eigenvalue weighted by molar-refractivity contribution is 7.17. The second-order valence-corrected chi connectivity index (χ2v) is 10.9. The van der Waals surface area contributed by atoms with Crippen molar-refractivity contribution in [1.29, 1.82) is 0 Å². The van der Waals surface area contributed by atoms with Crippen LogP contribution in [0.4, 0.5) is 5.69 Å². The molecule has 0 unspecified atom stereocenters. The number of amides is 1. The first-order chi connectivity index (χ1) is 18.9. The number of thiophene rings is 1. The molecular weight excluding hydrogens is 510 g/mol. The molecule has 0 aliphatic carbocycles. The Balaban J connectivity index is 1.37. The van der Waals surface area contributed by atoms with Crippen LogP contribution in [0, 0.1) is 5.92 Å². The number of imidazole rings is 1. The van der Waals surface area contributed by atoms with Gasteiger partial charge in [-0.25, -0.2) is 4.98 Å². The number of Topliss-reactive ketones (excluding diaryl/α,β-unsaturated/α-hetero) is 1. The number of nitrogens with zero attached hydrogens (tertiary/aromatic N) is 4. The van der Waals surface area contributed by atoms with E-state index in [1.807, 2.05) is 56.3 Å². The molecule has 6 rings (SSSR count). The SMILES string of the molecule is CC(=O)c1ccc(-c2nccc3[nH]c(-c4n[nH]c5ccc(-c6cncc(NC(=O)CC(C)C)c6)cc45)nc23)s1. The van der Waals surface area contributed by atoms with Crippen molar-refractivity contribution in [2.75, 3.05) is 5.32 Å². The predicted octanol–water partition coefficient (Wildman–Crippen LogP) is 6.48. The van der Waals surface area contributed by atoms with Crippen LogP contribution in [0.15, 0.2) is 61.1 Å². The van der Waals surface area contributed by atoms with Crippen LogP contribution in [0.1, 0.15) is 36.9 Å². The van der Waals surface area contributed by atoms with Crippen LogP contribution >= 0.6 is 11.3 Å². The summed E-state index contributed by atoms with van der Waals surface area (Å²) in [5.41, 5.74) is 6.28. The molecule has 1 aromatic carbocycles. The fourth-order valence-corrected chi connectivity index (χ4v) is 5.40. The number of nitrogens with one attached hydrogen (secondary N) is 3. The first-order valence-electron chi connectivity index (χ1n) is 12.6. The van der Waals surface area contributed by atoms with Gasteiger partial charge < -0.3 is 10.3 Å². The summed E-state index contributed by atoms with van der Waals surface area (Å²) in [7, 11) is 0. The Kier molecular flexibility index (Phi) is 6.24. The molecule has 0 fully saturated rings. The van der Waals surface area contributed by atoms with E-state index in [-0.39, 0.29) is 17.6 Å². The number of pyridine rings is 2. The van der Waals surface area contributed by atoms with Crippen molar-refractivity contribution in [2.45, 2.75) is 27.2 Å². The van der Waals surface area contributed by atoms with Gasteiger partial charge in [0, 0.05) is 29.8 Å². The maximum Gasteiger partial charge on any atom is 0.224 e. The molecule has 0 saturated heterocycles. The van der Waals surface area contributed by atoms with E-state index >= 15 is 0 Å². The fourth-order valence-electron chi connectivity index (χ4n) is 4.51. The van der Waals surface area contributed by atoms with Gasteiger partial charge in [0.1, 0.15) is 16.9 Å². The average molecular weight is 536 g/mol. The summed E-state index contributed by atoms with van der Waals surface area (Å²) in [5.74, 6) is 0.879. The number of aromatic amines is 2. The Morgan fingerprint density at radius 3 is 2.67 bits per heavy atom. The van der Waals surface area contributed by atoms with E-state index in [1.54, 1.807) is 25.5 Å². The minimum absolute atomic E-state index is 0.0265. The van der Waals surface area contributed by atoms with Crippen molar-refractivity contribution < 1.29 is 9.59 Å². The Bertz CT molecular complexity index is 1860. The minimum Gasteiger partial charge on any atom is -0.336 e. The molecule has 9 nitrogen and oxygen atoms in total. The van der Waals surface area contributed by atoms with E-state index in [0.717, 1.165) is 38.1 Å². The molecule has 5 aromatic heterocycles. The lowest BCUT2D eigenvalue weighted by atomic mass is 10.0. The van der Waals surface area contributed by atoms with Gasteiger partial charge in [-0.15, -0.1) is 11.3 Å². The van der Waals surface area contributed by atoms with E-state index in [1.165, 1.54) is 11.3 Å². The minimum atomic E-state index is -0.0321. The summed E-state index contributed by atoms with van der Waals surface area (Å²) in [6, 6.07) is 13.5. The molecule has 0 aliphatic heterocycles. The summed E-state index contributed by atoms with van der Waals surface area (Å²) >= 11 is 1.41. The van der Waals surface area contributed by atoms with E-state index in [9.17, 15) is 9.59 Å². The van der Waals surface area contributed by atoms with Crippen molar-refractivity contribution in [1.82, 2.24) is 30.1 Å². The molecule has 194 valence electrons. The number of aromatic nitrogens is 6. The second kappa shape index (κ2) is 9.88. The van der Waals surface area contributed by atoms with Gasteiger partial charge >= 0.3 is 0 Å². The van der Waals surface area contributed by atoms with Gasteiger partial charge in [0.05, 0.1) is 32.7 Å². The molecule has 0 bridgehead atoms. The van der Waals surface area contributed by atoms with Crippen LogP contribution in [-0.4, -0.2) is 41.8 Å². The quantitative estimate of drug-likeness (QED) is 0.201. The standard InChI is InChI=1S/C29H25N7O2S/c1-15(2)10-25(38)32-19-11-18(13-30-14-19)17-4-5-21-20(12-17)26(36-35-21)29-33-22-8-9-31-28(27(22)34-29)24-7-6-23(39-24)16(3)37/h4-9,11-15H,10H2,1-3H3,(H,32,38)(H,33,34)(H,35,36). The van der Waals surface area contributed by atoms with Gasteiger partial charge in [-0.05, 0) is 54.8 Å². The number of H-pyrrole nitrogens is 2. The van der Waals surface area contributed by atoms with E-state index < -0.39 is 0 Å². The van der Waals surface area contributed by atoms with Crippen molar-refractivity contribution in [3.8, 4) is 33.2 Å². The van der Waals surface area contributed by atoms with Gasteiger partial charge in [0.2, 0.25) is 5.91 Å². The molecule has 0 aliphatic rings. The van der Waals surface area contributed by atoms with Gasteiger partial charge in [-0.2, -0.15) is 5.10 Å². The Hall–Kier alpha value is -4.70. The highest BCUT2D eigenvalue weighted by atomic mass is 32.1. The summed E-state index contributed by atoms with van der Waals surface area (Å²) in [4.78, 5) is 42.8. The number of ketones is 1. The largest absolute Gasteiger partial charge is 0.336 e. The molecule has 39 heavy (non-hydrogen) atoms. The van der Waals surface area contributed by atoms with E-state index in [0.29, 0.717) is 34.0 Å². The zero-order chi connectivity index (χ0) is 27.1. The molecule has 10 heteroatoms. The van der Waals surface area contributed by atoms with Crippen LogP contribution < -0.4 is 5.32 Å². The van der Waals surface area contributed by atoms with E-state index in [4.69, 9.17) is 4.98 Å². The molecule has 5 heterocycles. The lowest BCUT2D eigenvalue weighted by molar-refractivity contribution is -0.116. The van der Waals surface area contributed by atoms with Crippen molar-refractivity contribution in [2.24, 2.45) is 5.92 Å². The maximum atomic E-state index is 12.3. The normalized spacial score (nSPS) is 11.5. The third-order valence-electron chi connectivity index (χ3n) is 6.32. The molecule has 3 N–H and O–H groups in total. The number of anilines is 1. The number of carbonyl (C=O) groups excluding carboxylic acids is 2. The van der Waals surface area contributed by atoms with Crippen LogP contribution in [0.25, 0.3) is 55.2 Å². The Labute approximate surface area is 227 Å². The summed E-state index contributed by atoms with van der Waals surface area (Å²) in [6.45, 7) is 5.58. The highest BCUT2D eigenvalue weighted by Gasteiger charge is 2.18. The molecule has 6 aromatic rings. The average Bonchev–Trinajstić information content (AvgIpc) is 3.65. The lowest BCUT2D eigenvalue weighted by Gasteiger charge is -2.09. The number of fused-ring (bicyclic) bond motifs is 2. The first-order valence-corrected chi connectivity index (χ1v) is 13.4. The zero-order valence-corrected chi connectivity index (χ0v) is 22.4. The maximum absolute atomic E-state index is 12.3. The third-order valence-corrected chi connectivity index (χ3v) is 7.52. The number of hydrogen-bond acceptors (Lipinski definition) is 7. The number of benzene rings is 1. The number of rotatable bonds is 7. The van der Waals surface area contributed by atoms with Gasteiger partial charge in [-0.3, -0.25) is 24.7 Å². The van der Waals surface area contributed by atoms with Crippen LogP contribution in [0.3, 0.4) is 0 Å². The van der Waals surface area contributed by atoms with Gasteiger partial charge in [0.15, 0.2) is 11.6 Å². The molecule has 0 atom stereocenters. The topological polar surface area (TPSA) is 129 Å². The van der Waals surface area contributed by atoms with Gasteiger partial charge in [-0.1, -0.05) is 19.9 Å². The molecule has 0 saturated carbocycles. The zero-order valence-electron chi connectivity index (χ0n) is 21.6. The predicted molar refractivity (Wildman–Crippen MR) is 154 cm³/mol. The molecule has 0 spiro atoms. The van der Waals surface area contributed by atoms with Crippen LogP contribution in [0.5, 0.6) is 0 Å². The third kappa shape index (κ3) is 4.82. The van der Waals surface area contributed by atoms with Gasteiger partial charge in [0.25, 0.3) is 0 Å². The smallest absolute Gasteiger partial charge is 0.224 e. The lowest BCUT2D eigenvalue weighted by Crippen LogP contribution is -2.13. The summed E-state index contributed by atoms with van der Waals surface area (Å²) in [5, 5.41) is 11.5. The number of hydrogen-bond donors (Lipinski definition) is 3. The summed E-state index contributed by atoms with van der Waals surface area (Å²) < 4.78 is 0. The molecule has 0 radical (unpaired) electrons.